The lowest BCUT2D eigenvalue weighted by Crippen LogP contribution is -2.31. The Balaban J connectivity index is 1.73. The Bertz CT molecular complexity index is 1200. The molecule has 0 unspecified atom stereocenters. The second-order valence-electron chi connectivity index (χ2n) is 9.82. The molecular formula is C26H29N3O2. The van der Waals surface area contributed by atoms with Crippen molar-refractivity contribution < 1.29 is 9.47 Å². The van der Waals surface area contributed by atoms with Crippen LogP contribution >= 0.6 is 0 Å². The third-order valence-electron chi connectivity index (χ3n) is 6.07. The van der Waals surface area contributed by atoms with Gasteiger partial charge in [-0.25, -0.2) is 4.98 Å². The van der Waals surface area contributed by atoms with Gasteiger partial charge in [0.05, 0.1) is 29.7 Å². The zero-order chi connectivity index (χ0) is 22.0. The lowest BCUT2D eigenvalue weighted by Gasteiger charge is -2.30. The van der Waals surface area contributed by atoms with E-state index >= 15 is 0 Å². The number of aromatic nitrogens is 2. The number of fused-ring (bicyclic) bond motifs is 3. The molecule has 3 aromatic rings. The van der Waals surface area contributed by atoms with Gasteiger partial charge in [0.1, 0.15) is 11.4 Å². The summed E-state index contributed by atoms with van der Waals surface area (Å²) in [5, 5.41) is 0. The number of aryl methyl sites for hydroxylation is 1. The zero-order valence-corrected chi connectivity index (χ0v) is 19.1. The zero-order valence-electron chi connectivity index (χ0n) is 19.1. The molecule has 160 valence electrons. The highest BCUT2D eigenvalue weighted by Gasteiger charge is 2.40. The Morgan fingerprint density at radius 1 is 1.06 bits per heavy atom. The molecule has 5 heteroatoms. The molecule has 0 saturated carbocycles. The number of methoxy groups -OCH3 is 1. The van der Waals surface area contributed by atoms with E-state index in [2.05, 4.69) is 50.9 Å². The van der Waals surface area contributed by atoms with Crippen molar-refractivity contribution in [3.8, 4) is 22.9 Å². The van der Waals surface area contributed by atoms with Crippen molar-refractivity contribution in [2.75, 3.05) is 7.11 Å². The topological polar surface area (TPSA) is 59.5 Å². The lowest BCUT2D eigenvalue weighted by atomic mass is 9.81. The summed E-state index contributed by atoms with van der Waals surface area (Å²) in [4.78, 5) is 13.6. The number of benzene rings is 2. The SMILES string of the molecule is COc1cc2c(c3c1OC(C)(C)C3)C(c1[nH]c(-c3ccccc3)nc1C)=NC(C)(C)C2. The summed E-state index contributed by atoms with van der Waals surface area (Å²) in [6, 6.07) is 12.4. The highest BCUT2D eigenvalue weighted by Crippen LogP contribution is 2.48. The van der Waals surface area contributed by atoms with Gasteiger partial charge in [-0.1, -0.05) is 30.3 Å². The van der Waals surface area contributed by atoms with Crippen molar-refractivity contribution in [3.63, 3.8) is 0 Å². The second-order valence-corrected chi connectivity index (χ2v) is 9.82. The first-order valence-corrected chi connectivity index (χ1v) is 10.8. The predicted octanol–water partition coefficient (Wildman–Crippen LogP) is 5.28. The average Bonchev–Trinajstić information content (AvgIpc) is 3.25. The Morgan fingerprint density at radius 2 is 1.81 bits per heavy atom. The maximum Gasteiger partial charge on any atom is 0.166 e. The van der Waals surface area contributed by atoms with Crippen LogP contribution in [0.15, 0.2) is 41.4 Å². The van der Waals surface area contributed by atoms with Crippen molar-refractivity contribution in [2.45, 2.75) is 58.6 Å². The fourth-order valence-corrected chi connectivity index (χ4v) is 4.83. The van der Waals surface area contributed by atoms with Gasteiger partial charge in [-0.2, -0.15) is 0 Å². The monoisotopic (exact) mass is 415 g/mol. The molecule has 2 aromatic carbocycles. The number of hydrogen-bond donors (Lipinski definition) is 1. The van der Waals surface area contributed by atoms with Gasteiger partial charge in [0.25, 0.3) is 0 Å². The van der Waals surface area contributed by atoms with Gasteiger partial charge in [-0.15, -0.1) is 0 Å². The Hall–Kier alpha value is -3.08. The van der Waals surface area contributed by atoms with Crippen LogP contribution in [0.5, 0.6) is 11.5 Å². The molecule has 0 radical (unpaired) electrons. The molecule has 0 saturated heterocycles. The maximum absolute atomic E-state index is 6.32. The van der Waals surface area contributed by atoms with Crippen molar-refractivity contribution >= 4 is 5.71 Å². The molecule has 5 nitrogen and oxygen atoms in total. The van der Waals surface area contributed by atoms with Gasteiger partial charge in [-0.3, -0.25) is 4.99 Å². The smallest absolute Gasteiger partial charge is 0.166 e. The second kappa shape index (κ2) is 6.71. The van der Waals surface area contributed by atoms with E-state index in [-0.39, 0.29) is 11.1 Å². The maximum atomic E-state index is 6.32. The van der Waals surface area contributed by atoms with Crippen LogP contribution < -0.4 is 9.47 Å². The van der Waals surface area contributed by atoms with E-state index in [0.29, 0.717) is 0 Å². The fraction of sp³-hybridized carbons (Fsp3) is 0.385. The molecule has 0 bridgehead atoms. The first kappa shape index (κ1) is 19.9. The Labute approximate surface area is 183 Å². The summed E-state index contributed by atoms with van der Waals surface area (Å²) < 4.78 is 12.0. The highest BCUT2D eigenvalue weighted by atomic mass is 16.5. The molecule has 0 spiro atoms. The van der Waals surface area contributed by atoms with Crippen molar-refractivity contribution in [1.82, 2.24) is 9.97 Å². The summed E-state index contributed by atoms with van der Waals surface area (Å²) in [6.45, 7) is 10.7. The van der Waals surface area contributed by atoms with Crippen LogP contribution in [-0.4, -0.2) is 33.9 Å². The molecule has 0 fully saturated rings. The molecule has 31 heavy (non-hydrogen) atoms. The van der Waals surface area contributed by atoms with Crippen LogP contribution in [0.4, 0.5) is 0 Å². The number of nitrogens with zero attached hydrogens (tertiary/aromatic N) is 2. The van der Waals surface area contributed by atoms with Gasteiger partial charge < -0.3 is 14.5 Å². The number of hydrogen-bond acceptors (Lipinski definition) is 4. The van der Waals surface area contributed by atoms with Crippen LogP contribution in [0.2, 0.25) is 0 Å². The van der Waals surface area contributed by atoms with Crippen molar-refractivity contribution in [3.05, 3.63) is 64.5 Å². The van der Waals surface area contributed by atoms with Gasteiger partial charge in [-0.05, 0) is 52.7 Å². The number of aliphatic imine (C=N–C) groups is 1. The molecule has 0 atom stereocenters. The number of rotatable bonds is 3. The van der Waals surface area contributed by atoms with Crippen molar-refractivity contribution in [1.29, 1.82) is 0 Å². The minimum absolute atomic E-state index is 0.221. The van der Waals surface area contributed by atoms with Crippen LogP contribution in [0.25, 0.3) is 11.4 Å². The molecule has 0 aliphatic carbocycles. The Kier molecular flexibility index (Phi) is 4.30. The highest BCUT2D eigenvalue weighted by molar-refractivity contribution is 6.16. The van der Waals surface area contributed by atoms with Crippen LogP contribution in [0, 0.1) is 6.92 Å². The fourth-order valence-electron chi connectivity index (χ4n) is 4.83. The van der Waals surface area contributed by atoms with Gasteiger partial charge in [0.15, 0.2) is 11.5 Å². The normalized spacial score (nSPS) is 18.1. The molecule has 1 aromatic heterocycles. The van der Waals surface area contributed by atoms with Gasteiger partial charge in [0, 0.05) is 23.1 Å². The van der Waals surface area contributed by atoms with E-state index in [1.54, 1.807) is 7.11 Å². The van der Waals surface area contributed by atoms with E-state index < -0.39 is 0 Å². The summed E-state index contributed by atoms with van der Waals surface area (Å²) in [5.41, 5.74) is 7.07. The molecule has 1 N–H and O–H groups in total. The van der Waals surface area contributed by atoms with E-state index in [9.17, 15) is 0 Å². The molecule has 3 heterocycles. The molecule has 0 amide bonds. The minimum Gasteiger partial charge on any atom is -0.493 e. The summed E-state index contributed by atoms with van der Waals surface area (Å²) in [7, 11) is 1.71. The van der Waals surface area contributed by atoms with E-state index in [1.807, 2.05) is 25.1 Å². The summed E-state index contributed by atoms with van der Waals surface area (Å²) in [6.07, 6.45) is 1.68. The molecule has 2 aliphatic heterocycles. The largest absolute Gasteiger partial charge is 0.493 e. The number of imidazole rings is 1. The summed E-state index contributed by atoms with van der Waals surface area (Å²) in [5.74, 6) is 2.52. The van der Waals surface area contributed by atoms with E-state index in [0.717, 1.165) is 52.8 Å². The number of ether oxygens (including phenoxy) is 2. The predicted molar refractivity (Wildman–Crippen MR) is 124 cm³/mol. The summed E-state index contributed by atoms with van der Waals surface area (Å²) >= 11 is 0. The van der Waals surface area contributed by atoms with E-state index in [1.165, 1.54) is 16.7 Å². The average molecular weight is 416 g/mol. The third-order valence-corrected chi connectivity index (χ3v) is 6.07. The third kappa shape index (κ3) is 3.32. The van der Waals surface area contributed by atoms with Crippen LogP contribution in [0.3, 0.4) is 0 Å². The Morgan fingerprint density at radius 3 is 2.52 bits per heavy atom. The first-order valence-electron chi connectivity index (χ1n) is 10.8. The number of aromatic amines is 1. The van der Waals surface area contributed by atoms with Crippen molar-refractivity contribution in [2.24, 2.45) is 4.99 Å². The lowest BCUT2D eigenvalue weighted by molar-refractivity contribution is 0.134. The molecule has 5 rings (SSSR count). The quantitative estimate of drug-likeness (QED) is 0.633. The standard InChI is InChI=1S/C26H29N3O2/c1-15-21(28-24(27-15)16-10-8-7-9-11-16)22-20-17(13-25(2,3)29-22)12-19(30-6)23-18(20)14-26(4,5)31-23/h7-12H,13-14H2,1-6H3,(H,27,28). The molecule has 2 aliphatic rings. The van der Waals surface area contributed by atoms with Crippen LogP contribution in [-0.2, 0) is 12.8 Å². The molecular weight excluding hydrogens is 386 g/mol. The van der Waals surface area contributed by atoms with Gasteiger partial charge in [0.2, 0.25) is 0 Å². The minimum atomic E-state index is -0.277. The van der Waals surface area contributed by atoms with E-state index in [4.69, 9.17) is 19.5 Å². The van der Waals surface area contributed by atoms with Crippen LogP contribution in [0.1, 0.15) is 55.8 Å². The number of nitrogens with one attached hydrogen (secondary N) is 1. The number of H-pyrrole nitrogens is 1. The van der Waals surface area contributed by atoms with Gasteiger partial charge >= 0.3 is 0 Å². The first-order chi connectivity index (χ1) is 14.7.